The van der Waals surface area contributed by atoms with Gasteiger partial charge in [-0.3, -0.25) is 14.4 Å². The standard InChI is InChI=1S/C18H24N2O6/c1-11(18(23)24)19-17(22)13-9-16(21)20(10-13)7-6-12-4-5-14(25-2)15(8-12)26-3/h4-5,8,11,13H,6-7,9-10H2,1-3H3,(H,19,22)(H,23,24)/t11-,13?/m0/s1. The number of aliphatic carboxylic acids is 1. The number of carboxylic acid groups (broad SMARTS) is 1. The number of methoxy groups -OCH3 is 2. The van der Waals surface area contributed by atoms with Gasteiger partial charge in [-0.05, 0) is 31.0 Å². The van der Waals surface area contributed by atoms with E-state index in [9.17, 15) is 14.4 Å². The zero-order valence-electron chi connectivity index (χ0n) is 15.2. The van der Waals surface area contributed by atoms with Crippen molar-refractivity contribution in [2.75, 3.05) is 27.3 Å². The molecule has 0 aromatic heterocycles. The molecule has 26 heavy (non-hydrogen) atoms. The van der Waals surface area contributed by atoms with Gasteiger partial charge < -0.3 is 24.8 Å². The number of rotatable bonds is 8. The number of nitrogens with one attached hydrogen (secondary N) is 1. The third-order valence-corrected chi connectivity index (χ3v) is 4.43. The van der Waals surface area contributed by atoms with Crippen LogP contribution in [-0.4, -0.2) is 61.1 Å². The van der Waals surface area contributed by atoms with E-state index in [0.717, 1.165) is 5.56 Å². The lowest BCUT2D eigenvalue weighted by Crippen LogP contribution is -2.42. The molecule has 0 aliphatic carbocycles. The fourth-order valence-electron chi connectivity index (χ4n) is 2.86. The summed E-state index contributed by atoms with van der Waals surface area (Å²) in [5.74, 6) is -0.867. The van der Waals surface area contributed by atoms with Gasteiger partial charge in [0.15, 0.2) is 11.5 Å². The molecule has 2 amide bonds. The number of amides is 2. The summed E-state index contributed by atoms with van der Waals surface area (Å²) >= 11 is 0. The van der Waals surface area contributed by atoms with Crippen LogP contribution in [-0.2, 0) is 20.8 Å². The highest BCUT2D eigenvalue weighted by Crippen LogP contribution is 2.28. The summed E-state index contributed by atoms with van der Waals surface area (Å²) in [6, 6.07) is 4.60. The largest absolute Gasteiger partial charge is 0.493 e. The van der Waals surface area contributed by atoms with E-state index in [-0.39, 0.29) is 12.3 Å². The fraction of sp³-hybridized carbons (Fsp3) is 0.500. The highest BCUT2D eigenvalue weighted by Gasteiger charge is 2.34. The van der Waals surface area contributed by atoms with Crippen LogP contribution in [0.25, 0.3) is 0 Å². The SMILES string of the molecule is COc1ccc(CCN2CC(C(=O)N[C@@H](C)C(=O)O)CC2=O)cc1OC. The number of hydrogen-bond donors (Lipinski definition) is 2. The van der Waals surface area contributed by atoms with E-state index >= 15 is 0 Å². The van der Waals surface area contributed by atoms with Crippen molar-refractivity contribution in [3.05, 3.63) is 23.8 Å². The van der Waals surface area contributed by atoms with Crippen LogP contribution >= 0.6 is 0 Å². The fourth-order valence-corrected chi connectivity index (χ4v) is 2.86. The van der Waals surface area contributed by atoms with Gasteiger partial charge in [-0.2, -0.15) is 0 Å². The molecule has 1 aromatic rings. The maximum absolute atomic E-state index is 12.1. The molecule has 8 nitrogen and oxygen atoms in total. The Kier molecular flexibility index (Phi) is 6.43. The van der Waals surface area contributed by atoms with Crippen molar-refractivity contribution in [2.45, 2.75) is 25.8 Å². The molecule has 0 spiro atoms. The highest BCUT2D eigenvalue weighted by molar-refractivity contribution is 5.91. The molecule has 2 N–H and O–H groups in total. The Morgan fingerprint density at radius 2 is 2.00 bits per heavy atom. The highest BCUT2D eigenvalue weighted by atomic mass is 16.5. The molecular weight excluding hydrogens is 340 g/mol. The quantitative estimate of drug-likeness (QED) is 0.703. The summed E-state index contributed by atoms with van der Waals surface area (Å²) in [5.41, 5.74) is 0.989. The van der Waals surface area contributed by atoms with E-state index in [2.05, 4.69) is 5.32 Å². The third kappa shape index (κ3) is 4.65. The lowest BCUT2D eigenvalue weighted by atomic mass is 10.1. The van der Waals surface area contributed by atoms with E-state index in [4.69, 9.17) is 14.6 Å². The summed E-state index contributed by atoms with van der Waals surface area (Å²) in [6.07, 6.45) is 0.718. The molecule has 0 bridgehead atoms. The topological polar surface area (TPSA) is 105 Å². The van der Waals surface area contributed by atoms with Gasteiger partial charge in [0, 0.05) is 19.5 Å². The smallest absolute Gasteiger partial charge is 0.325 e. The van der Waals surface area contributed by atoms with Crippen molar-refractivity contribution >= 4 is 17.8 Å². The van der Waals surface area contributed by atoms with Crippen molar-refractivity contribution in [1.82, 2.24) is 10.2 Å². The Hall–Kier alpha value is -2.77. The van der Waals surface area contributed by atoms with Gasteiger partial charge in [0.25, 0.3) is 0 Å². The van der Waals surface area contributed by atoms with Crippen molar-refractivity contribution in [3.8, 4) is 11.5 Å². The second-order valence-electron chi connectivity index (χ2n) is 6.25. The van der Waals surface area contributed by atoms with Crippen molar-refractivity contribution in [2.24, 2.45) is 5.92 Å². The van der Waals surface area contributed by atoms with E-state index in [0.29, 0.717) is 31.0 Å². The minimum absolute atomic E-state index is 0.101. The molecular formula is C18H24N2O6. The summed E-state index contributed by atoms with van der Waals surface area (Å²) in [4.78, 5) is 36.7. The van der Waals surface area contributed by atoms with E-state index in [1.54, 1.807) is 19.1 Å². The third-order valence-electron chi connectivity index (χ3n) is 4.43. The lowest BCUT2D eigenvalue weighted by Gasteiger charge is -2.18. The predicted molar refractivity (Wildman–Crippen MR) is 93.2 cm³/mol. The van der Waals surface area contributed by atoms with Gasteiger partial charge in [0.1, 0.15) is 6.04 Å². The maximum Gasteiger partial charge on any atom is 0.325 e. The molecule has 8 heteroatoms. The molecule has 1 aliphatic rings. The summed E-state index contributed by atoms with van der Waals surface area (Å²) in [5, 5.41) is 11.3. The summed E-state index contributed by atoms with van der Waals surface area (Å²) < 4.78 is 10.5. The van der Waals surface area contributed by atoms with E-state index < -0.39 is 23.8 Å². The first-order chi connectivity index (χ1) is 12.3. The molecule has 142 valence electrons. The number of carbonyl (C=O) groups excluding carboxylic acids is 2. The van der Waals surface area contributed by atoms with Crippen LogP contribution in [0.2, 0.25) is 0 Å². The second kappa shape index (κ2) is 8.55. The average molecular weight is 364 g/mol. The molecule has 1 unspecified atom stereocenters. The van der Waals surface area contributed by atoms with E-state index in [1.807, 2.05) is 18.2 Å². The Bertz CT molecular complexity index is 690. The van der Waals surface area contributed by atoms with Gasteiger partial charge in [-0.15, -0.1) is 0 Å². The molecule has 1 heterocycles. The monoisotopic (exact) mass is 364 g/mol. The van der Waals surface area contributed by atoms with Crippen molar-refractivity contribution in [3.63, 3.8) is 0 Å². The minimum Gasteiger partial charge on any atom is -0.493 e. The summed E-state index contributed by atoms with van der Waals surface area (Å²) in [7, 11) is 3.13. The van der Waals surface area contributed by atoms with Crippen LogP contribution in [0.15, 0.2) is 18.2 Å². The van der Waals surface area contributed by atoms with Gasteiger partial charge in [0.05, 0.1) is 20.1 Å². The average Bonchev–Trinajstić information content (AvgIpc) is 3.00. The zero-order valence-corrected chi connectivity index (χ0v) is 15.2. The molecule has 0 saturated carbocycles. The number of hydrogen-bond acceptors (Lipinski definition) is 5. The number of carbonyl (C=O) groups is 3. The van der Waals surface area contributed by atoms with E-state index in [1.165, 1.54) is 6.92 Å². The first kappa shape index (κ1) is 19.6. The minimum atomic E-state index is -1.10. The Labute approximate surface area is 152 Å². The van der Waals surface area contributed by atoms with Crippen molar-refractivity contribution < 1.29 is 29.0 Å². The number of likely N-dealkylation sites (tertiary alicyclic amines) is 1. The second-order valence-corrected chi connectivity index (χ2v) is 6.25. The van der Waals surface area contributed by atoms with Crippen LogP contribution in [0.3, 0.4) is 0 Å². The lowest BCUT2D eigenvalue weighted by molar-refractivity contribution is -0.141. The molecule has 1 fully saturated rings. The van der Waals surface area contributed by atoms with Gasteiger partial charge >= 0.3 is 5.97 Å². The van der Waals surface area contributed by atoms with Crippen LogP contribution in [0.4, 0.5) is 0 Å². The number of benzene rings is 1. The predicted octanol–water partition coefficient (Wildman–Crippen LogP) is 0.684. The van der Waals surface area contributed by atoms with Crippen LogP contribution < -0.4 is 14.8 Å². The Morgan fingerprint density at radius 1 is 1.31 bits per heavy atom. The molecule has 1 saturated heterocycles. The van der Waals surface area contributed by atoms with Gasteiger partial charge in [-0.25, -0.2) is 0 Å². The Balaban J connectivity index is 1.92. The Morgan fingerprint density at radius 3 is 2.62 bits per heavy atom. The maximum atomic E-state index is 12.1. The van der Waals surface area contributed by atoms with Gasteiger partial charge in [-0.1, -0.05) is 6.07 Å². The summed E-state index contributed by atoms with van der Waals surface area (Å²) in [6.45, 7) is 2.17. The van der Waals surface area contributed by atoms with Crippen molar-refractivity contribution in [1.29, 1.82) is 0 Å². The number of nitrogens with zero attached hydrogens (tertiary/aromatic N) is 1. The molecule has 0 radical (unpaired) electrons. The van der Waals surface area contributed by atoms with Crippen LogP contribution in [0, 0.1) is 5.92 Å². The number of ether oxygens (including phenoxy) is 2. The van der Waals surface area contributed by atoms with Gasteiger partial charge in [0.2, 0.25) is 11.8 Å². The number of carboxylic acids is 1. The first-order valence-electron chi connectivity index (χ1n) is 8.37. The molecule has 1 aliphatic heterocycles. The van der Waals surface area contributed by atoms with Crippen LogP contribution in [0.1, 0.15) is 18.9 Å². The molecule has 2 rings (SSSR count). The van der Waals surface area contributed by atoms with Crippen LogP contribution in [0.5, 0.6) is 11.5 Å². The molecule has 1 aromatic carbocycles. The normalized spacial score (nSPS) is 17.7. The molecule has 2 atom stereocenters. The first-order valence-corrected chi connectivity index (χ1v) is 8.37. The zero-order chi connectivity index (χ0) is 19.3.